The number of hydrogen-bond donors (Lipinski definition) is 3. The molecule has 0 atom stereocenters. The van der Waals surface area contributed by atoms with E-state index < -0.39 is 17.7 Å². The molecule has 0 aliphatic rings. The third kappa shape index (κ3) is 5.92. The fourth-order valence-corrected chi connectivity index (χ4v) is 1.66. The van der Waals surface area contributed by atoms with Gasteiger partial charge in [-0.2, -0.15) is 0 Å². The fraction of sp³-hybridized carbons (Fsp3) is 0.400. The standard InChI is InChI=1S/C15H21N3O4/c1-10(2)22-9-5-8-17-14(20)15(21)18-12-7-4-3-6-11(12)13(16)19/h3-4,6-7,10H,5,8-9H2,1-2H3,(H2,16,19)(H,17,20)(H,18,21). The van der Waals surface area contributed by atoms with Crippen LogP contribution in [0.3, 0.4) is 0 Å². The Morgan fingerprint density at radius 1 is 1.18 bits per heavy atom. The lowest BCUT2D eigenvalue weighted by Gasteiger charge is -2.10. The molecule has 0 aromatic heterocycles. The molecule has 120 valence electrons. The summed E-state index contributed by atoms with van der Waals surface area (Å²) >= 11 is 0. The van der Waals surface area contributed by atoms with Crippen molar-refractivity contribution in [2.75, 3.05) is 18.5 Å². The number of carbonyl (C=O) groups is 3. The van der Waals surface area contributed by atoms with Gasteiger partial charge in [0, 0.05) is 13.2 Å². The number of nitrogens with two attached hydrogens (primary N) is 1. The molecule has 7 heteroatoms. The Hall–Kier alpha value is -2.41. The van der Waals surface area contributed by atoms with Crippen LogP contribution in [0.1, 0.15) is 30.6 Å². The molecule has 0 aliphatic heterocycles. The number of ether oxygens (including phenoxy) is 1. The highest BCUT2D eigenvalue weighted by atomic mass is 16.5. The lowest BCUT2D eigenvalue weighted by molar-refractivity contribution is -0.136. The second-order valence-corrected chi connectivity index (χ2v) is 4.89. The third-order valence-corrected chi connectivity index (χ3v) is 2.70. The van der Waals surface area contributed by atoms with Crippen molar-refractivity contribution in [3.63, 3.8) is 0 Å². The number of nitrogens with one attached hydrogen (secondary N) is 2. The Bertz CT molecular complexity index is 543. The van der Waals surface area contributed by atoms with E-state index in [9.17, 15) is 14.4 Å². The van der Waals surface area contributed by atoms with E-state index in [0.29, 0.717) is 19.6 Å². The molecule has 0 saturated heterocycles. The van der Waals surface area contributed by atoms with Gasteiger partial charge in [0.1, 0.15) is 0 Å². The number of rotatable bonds is 7. The summed E-state index contributed by atoms with van der Waals surface area (Å²) in [5.41, 5.74) is 5.55. The average molecular weight is 307 g/mol. The summed E-state index contributed by atoms with van der Waals surface area (Å²) in [6.45, 7) is 4.67. The van der Waals surface area contributed by atoms with Gasteiger partial charge in [0.2, 0.25) is 0 Å². The number of carbonyl (C=O) groups excluding carboxylic acids is 3. The molecule has 0 fully saturated rings. The highest BCUT2D eigenvalue weighted by Gasteiger charge is 2.16. The van der Waals surface area contributed by atoms with Crippen molar-refractivity contribution in [3.05, 3.63) is 29.8 Å². The molecular formula is C15H21N3O4. The molecule has 0 spiro atoms. The van der Waals surface area contributed by atoms with Crippen LogP contribution in [0.15, 0.2) is 24.3 Å². The van der Waals surface area contributed by atoms with Gasteiger partial charge in [-0.15, -0.1) is 0 Å². The molecule has 0 bridgehead atoms. The van der Waals surface area contributed by atoms with E-state index in [4.69, 9.17) is 10.5 Å². The van der Waals surface area contributed by atoms with Crippen LogP contribution in [0.2, 0.25) is 0 Å². The number of amides is 3. The predicted molar refractivity (Wildman–Crippen MR) is 82.3 cm³/mol. The minimum atomic E-state index is -0.849. The summed E-state index contributed by atoms with van der Waals surface area (Å²) in [6.07, 6.45) is 0.735. The van der Waals surface area contributed by atoms with Gasteiger partial charge >= 0.3 is 11.8 Å². The van der Waals surface area contributed by atoms with Crippen LogP contribution in [-0.2, 0) is 14.3 Å². The summed E-state index contributed by atoms with van der Waals surface area (Å²) in [5.74, 6) is -2.30. The van der Waals surface area contributed by atoms with Crippen LogP contribution >= 0.6 is 0 Å². The van der Waals surface area contributed by atoms with Crippen molar-refractivity contribution in [2.45, 2.75) is 26.4 Å². The molecule has 7 nitrogen and oxygen atoms in total. The second-order valence-electron chi connectivity index (χ2n) is 4.89. The average Bonchev–Trinajstić information content (AvgIpc) is 2.46. The second kappa shape index (κ2) is 8.78. The lowest BCUT2D eigenvalue weighted by Crippen LogP contribution is -2.36. The molecule has 22 heavy (non-hydrogen) atoms. The van der Waals surface area contributed by atoms with Crippen molar-refractivity contribution in [3.8, 4) is 0 Å². The fourth-order valence-electron chi connectivity index (χ4n) is 1.66. The van der Waals surface area contributed by atoms with Gasteiger partial charge in [0.05, 0.1) is 17.4 Å². The normalized spacial score (nSPS) is 10.3. The molecule has 4 N–H and O–H groups in total. The van der Waals surface area contributed by atoms with Crippen molar-refractivity contribution in [1.82, 2.24) is 5.32 Å². The number of para-hydroxylation sites is 1. The van der Waals surface area contributed by atoms with Gasteiger partial charge in [0.15, 0.2) is 0 Å². The molecule has 0 unspecified atom stereocenters. The third-order valence-electron chi connectivity index (χ3n) is 2.70. The van der Waals surface area contributed by atoms with E-state index in [-0.39, 0.29) is 17.4 Å². The minimum absolute atomic E-state index is 0.129. The maximum absolute atomic E-state index is 11.8. The number of benzene rings is 1. The van der Waals surface area contributed by atoms with Gasteiger partial charge in [-0.3, -0.25) is 14.4 Å². The van der Waals surface area contributed by atoms with Crippen molar-refractivity contribution < 1.29 is 19.1 Å². The zero-order valence-corrected chi connectivity index (χ0v) is 12.7. The Kier molecular flexibility index (Phi) is 7.04. The maximum Gasteiger partial charge on any atom is 0.313 e. The van der Waals surface area contributed by atoms with Gasteiger partial charge in [-0.1, -0.05) is 12.1 Å². The summed E-state index contributed by atoms with van der Waals surface area (Å²) in [4.78, 5) is 34.6. The van der Waals surface area contributed by atoms with Crippen molar-refractivity contribution in [2.24, 2.45) is 5.73 Å². The molecule has 0 saturated carbocycles. The van der Waals surface area contributed by atoms with Crippen molar-refractivity contribution in [1.29, 1.82) is 0 Å². The number of hydrogen-bond acceptors (Lipinski definition) is 4. The molecule has 3 amide bonds. The lowest BCUT2D eigenvalue weighted by atomic mass is 10.1. The first kappa shape index (κ1) is 17.6. The van der Waals surface area contributed by atoms with Crippen LogP contribution in [0.5, 0.6) is 0 Å². The number of primary amides is 1. The monoisotopic (exact) mass is 307 g/mol. The topological polar surface area (TPSA) is 111 Å². The molecule has 0 aliphatic carbocycles. The van der Waals surface area contributed by atoms with Gasteiger partial charge in [-0.05, 0) is 32.4 Å². The first-order valence-electron chi connectivity index (χ1n) is 7.01. The van der Waals surface area contributed by atoms with E-state index in [1.165, 1.54) is 12.1 Å². The largest absolute Gasteiger partial charge is 0.379 e. The van der Waals surface area contributed by atoms with E-state index in [1.807, 2.05) is 13.8 Å². The Labute approximate surface area is 129 Å². The van der Waals surface area contributed by atoms with E-state index in [1.54, 1.807) is 12.1 Å². The summed E-state index contributed by atoms with van der Waals surface area (Å²) in [7, 11) is 0. The Balaban J connectivity index is 2.45. The highest BCUT2D eigenvalue weighted by Crippen LogP contribution is 2.13. The molecule has 1 aromatic rings. The molecule has 1 rings (SSSR count). The summed E-state index contributed by atoms with van der Waals surface area (Å²) < 4.78 is 5.32. The van der Waals surface area contributed by atoms with Gasteiger partial charge in [-0.25, -0.2) is 0 Å². The van der Waals surface area contributed by atoms with E-state index >= 15 is 0 Å². The predicted octanol–water partition coefficient (Wildman–Crippen LogP) is 0.655. The first-order chi connectivity index (χ1) is 10.4. The molecule has 1 aromatic carbocycles. The van der Waals surface area contributed by atoms with Crippen molar-refractivity contribution >= 4 is 23.4 Å². The van der Waals surface area contributed by atoms with Gasteiger partial charge in [0.25, 0.3) is 5.91 Å². The van der Waals surface area contributed by atoms with Crippen LogP contribution in [0, 0.1) is 0 Å². The van der Waals surface area contributed by atoms with Crippen LogP contribution in [-0.4, -0.2) is 37.0 Å². The van der Waals surface area contributed by atoms with Crippen LogP contribution in [0.4, 0.5) is 5.69 Å². The summed E-state index contributed by atoms with van der Waals surface area (Å²) in [5, 5.41) is 4.85. The molecular weight excluding hydrogens is 286 g/mol. The quantitative estimate of drug-likeness (QED) is 0.507. The molecule has 0 heterocycles. The maximum atomic E-state index is 11.8. The summed E-state index contributed by atoms with van der Waals surface area (Å²) in [6, 6.07) is 6.22. The van der Waals surface area contributed by atoms with Crippen LogP contribution in [0.25, 0.3) is 0 Å². The highest BCUT2D eigenvalue weighted by molar-refractivity contribution is 6.40. The van der Waals surface area contributed by atoms with E-state index in [0.717, 1.165) is 0 Å². The Morgan fingerprint density at radius 2 is 1.86 bits per heavy atom. The molecule has 0 radical (unpaired) electrons. The van der Waals surface area contributed by atoms with Gasteiger partial charge < -0.3 is 21.1 Å². The Morgan fingerprint density at radius 3 is 2.50 bits per heavy atom. The van der Waals surface area contributed by atoms with E-state index in [2.05, 4.69) is 10.6 Å². The SMILES string of the molecule is CC(C)OCCCNC(=O)C(=O)Nc1ccccc1C(N)=O. The number of anilines is 1. The van der Waals surface area contributed by atoms with Crippen LogP contribution < -0.4 is 16.4 Å². The first-order valence-corrected chi connectivity index (χ1v) is 7.01. The zero-order valence-electron chi connectivity index (χ0n) is 12.7. The minimum Gasteiger partial charge on any atom is -0.379 e. The zero-order chi connectivity index (χ0) is 16.5. The smallest absolute Gasteiger partial charge is 0.313 e.